The molecule has 86 valence electrons. The number of aryl methyl sites for hydroxylation is 2. The summed E-state index contributed by atoms with van der Waals surface area (Å²) in [6.07, 6.45) is 6.49. The monoisotopic (exact) mass is 222 g/mol. The second kappa shape index (κ2) is 6.05. The maximum atomic E-state index is 2.22. The predicted octanol–water partition coefficient (Wildman–Crippen LogP) is 4.50. The summed E-state index contributed by atoms with van der Waals surface area (Å²) in [5.41, 5.74) is 4.17. The third kappa shape index (κ3) is 3.32. The first-order valence-corrected chi connectivity index (χ1v) is 6.14. The van der Waals surface area contributed by atoms with Gasteiger partial charge in [-0.05, 0) is 36.5 Å². The van der Waals surface area contributed by atoms with Crippen LogP contribution in [0.15, 0.2) is 60.7 Å². The van der Waals surface area contributed by atoms with Crippen molar-refractivity contribution in [3.8, 4) is 0 Å². The predicted molar refractivity (Wildman–Crippen MR) is 75.0 cm³/mol. The van der Waals surface area contributed by atoms with Crippen LogP contribution < -0.4 is 0 Å². The summed E-state index contributed by atoms with van der Waals surface area (Å²) < 4.78 is 0. The molecule has 2 rings (SSSR count). The van der Waals surface area contributed by atoms with Gasteiger partial charge in [0.15, 0.2) is 0 Å². The lowest BCUT2D eigenvalue weighted by molar-refractivity contribution is 0.957. The Morgan fingerprint density at radius 2 is 1.53 bits per heavy atom. The van der Waals surface area contributed by atoms with Gasteiger partial charge in [0.25, 0.3) is 0 Å². The van der Waals surface area contributed by atoms with E-state index in [1.54, 1.807) is 0 Å². The molecular formula is C17H18. The molecular weight excluding hydrogens is 204 g/mol. The molecule has 0 saturated carbocycles. The minimum atomic E-state index is 1.10. The molecule has 2 aromatic rings. The number of benzene rings is 2. The molecule has 0 unspecified atom stereocenters. The maximum absolute atomic E-state index is 2.22. The Bertz CT molecular complexity index is 480. The highest BCUT2D eigenvalue weighted by Crippen LogP contribution is 2.14. The van der Waals surface area contributed by atoms with E-state index in [0.717, 1.165) is 12.8 Å². The van der Waals surface area contributed by atoms with Gasteiger partial charge in [0.05, 0.1) is 0 Å². The van der Waals surface area contributed by atoms with E-state index in [4.69, 9.17) is 0 Å². The van der Waals surface area contributed by atoms with Crippen molar-refractivity contribution in [1.29, 1.82) is 0 Å². The van der Waals surface area contributed by atoms with Gasteiger partial charge in [-0.25, -0.2) is 0 Å². The highest BCUT2D eigenvalue weighted by atomic mass is 14.0. The normalized spacial score (nSPS) is 10.9. The zero-order valence-electron chi connectivity index (χ0n) is 10.3. The van der Waals surface area contributed by atoms with Crippen LogP contribution in [0.25, 0.3) is 6.08 Å². The van der Waals surface area contributed by atoms with E-state index in [1.807, 2.05) is 0 Å². The molecule has 0 bridgehead atoms. The third-order valence-electron chi connectivity index (χ3n) is 2.93. The van der Waals surface area contributed by atoms with E-state index in [-0.39, 0.29) is 0 Å². The Morgan fingerprint density at radius 1 is 0.824 bits per heavy atom. The second-order valence-electron chi connectivity index (χ2n) is 4.18. The minimum absolute atomic E-state index is 1.10. The van der Waals surface area contributed by atoms with Crippen molar-refractivity contribution in [3.05, 3.63) is 77.4 Å². The Labute approximate surface area is 104 Å². The first kappa shape index (κ1) is 11.7. The number of allylic oxidation sites excluding steroid dienone is 1. The summed E-state index contributed by atoms with van der Waals surface area (Å²) in [4.78, 5) is 0. The molecule has 0 aliphatic heterocycles. The number of hydrogen-bond donors (Lipinski definition) is 0. The molecule has 0 amide bonds. The molecule has 0 radical (unpaired) electrons. The van der Waals surface area contributed by atoms with E-state index < -0.39 is 0 Å². The van der Waals surface area contributed by atoms with Crippen LogP contribution >= 0.6 is 0 Å². The summed E-state index contributed by atoms with van der Waals surface area (Å²) in [6.45, 7) is 2.06. The van der Waals surface area contributed by atoms with Gasteiger partial charge in [0.1, 0.15) is 0 Å². The molecule has 0 aromatic heterocycles. The van der Waals surface area contributed by atoms with Gasteiger partial charge < -0.3 is 0 Å². The van der Waals surface area contributed by atoms with E-state index in [0.29, 0.717) is 0 Å². The molecule has 0 atom stereocenters. The van der Waals surface area contributed by atoms with E-state index in [2.05, 4.69) is 73.7 Å². The molecule has 0 aliphatic rings. The Kier molecular flexibility index (Phi) is 4.15. The van der Waals surface area contributed by atoms with Gasteiger partial charge in [0.2, 0.25) is 0 Å². The topological polar surface area (TPSA) is 0 Å². The summed E-state index contributed by atoms with van der Waals surface area (Å²) in [5.74, 6) is 0. The van der Waals surface area contributed by atoms with E-state index in [9.17, 15) is 0 Å². The Morgan fingerprint density at radius 3 is 2.29 bits per heavy atom. The van der Waals surface area contributed by atoms with Gasteiger partial charge in [-0.15, -0.1) is 0 Å². The molecule has 0 heterocycles. The van der Waals surface area contributed by atoms with Gasteiger partial charge in [-0.3, -0.25) is 0 Å². The van der Waals surface area contributed by atoms with Crippen molar-refractivity contribution >= 4 is 6.08 Å². The molecule has 0 aliphatic carbocycles. The maximum Gasteiger partial charge on any atom is -0.0228 e. The van der Waals surface area contributed by atoms with Crippen molar-refractivity contribution in [2.45, 2.75) is 19.8 Å². The zero-order chi connectivity index (χ0) is 11.9. The molecule has 0 heteroatoms. The van der Waals surface area contributed by atoms with E-state index >= 15 is 0 Å². The minimum Gasteiger partial charge on any atom is -0.0871 e. The average Bonchev–Trinajstić information content (AvgIpc) is 2.39. The zero-order valence-corrected chi connectivity index (χ0v) is 10.3. The third-order valence-corrected chi connectivity index (χ3v) is 2.93. The molecule has 0 nitrogen and oxygen atoms in total. The molecule has 17 heavy (non-hydrogen) atoms. The number of rotatable bonds is 4. The van der Waals surface area contributed by atoms with Crippen LogP contribution in [0.5, 0.6) is 0 Å². The van der Waals surface area contributed by atoms with Gasteiger partial charge in [-0.1, -0.05) is 66.7 Å². The van der Waals surface area contributed by atoms with Gasteiger partial charge in [-0.2, -0.15) is 0 Å². The summed E-state index contributed by atoms with van der Waals surface area (Å²) in [7, 11) is 0. The summed E-state index contributed by atoms with van der Waals surface area (Å²) in [6, 6.07) is 19.3. The largest absolute Gasteiger partial charge is 0.0871 e. The summed E-state index contributed by atoms with van der Waals surface area (Å²) in [5, 5.41) is 0. The average molecular weight is 222 g/mol. The van der Waals surface area contributed by atoms with Gasteiger partial charge in [0, 0.05) is 0 Å². The van der Waals surface area contributed by atoms with Crippen molar-refractivity contribution in [3.63, 3.8) is 0 Å². The first-order valence-electron chi connectivity index (χ1n) is 6.14. The fourth-order valence-corrected chi connectivity index (χ4v) is 2.03. The van der Waals surface area contributed by atoms with E-state index in [1.165, 1.54) is 16.7 Å². The van der Waals surface area contributed by atoms with Crippen molar-refractivity contribution in [2.24, 2.45) is 0 Å². The van der Waals surface area contributed by atoms with Crippen molar-refractivity contribution < 1.29 is 0 Å². The van der Waals surface area contributed by atoms with Crippen LogP contribution in [0.2, 0.25) is 0 Å². The lowest BCUT2D eigenvalue weighted by atomic mass is 9.99. The van der Waals surface area contributed by atoms with Crippen molar-refractivity contribution in [2.75, 3.05) is 0 Å². The summed E-state index contributed by atoms with van der Waals surface area (Å²) >= 11 is 0. The highest BCUT2D eigenvalue weighted by molar-refractivity contribution is 5.53. The molecule has 0 N–H and O–H groups in total. The van der Waals surface area contributed by atoms with Crippen LogP contribution in [0.1, 0.15) is 23.6 Å². The fraction of sp³-hybridized carbons (Fsp3) is 0.176. The second-order valence-corrected chi connectivity index (χ2v) is 4.18. The quantitative estimate of drug-likeness (QED) is 0.714. The number of hydrogen-bond acceptors (Lipinski definition) is 0. The molecule has 0 saturated heterocycles. The highest BCUT2D eigenvalue weighted by Gasteiger charge is 1.99. The lowest BCUT2D eigenvalue weighted by Gasteiger charge is -2.06. The van der Waals surface area contributed by atoms with Crippen LogP contribution in [-0.2, 0) is 12.8 Å². The van der Waals surface area contributed by atoms with Crippen LogP contribution in [-0.4, -0.2) is 0 Å². The standard InChI is InChI=1S/C17H18/c1-2-8-16-11-6-7-12-17(16)14-13-15-9-4-3-5-10-15/h2-12H,13-14H2,1H3/b8-2+. The van der Waals surface area contributed by atoms with Crippen LogP contribution in [0, 0.1) is 0 Å². The molecule has 0 spiro atoms. The van der Waals surface area contributed by atoms with Gasteiger partial charge >= 0.3 is 0 Å². The smallest absolute Gasteiger partial charge is 0.0228 e. The molecule has 2 aromatic carbocycles. The van der Waals surface area contributed by atoms with Crippen LogP contribution in [0.3, 0.4) is 0 Å². The van der Waals surface area contributed by atoms with Crippen molar-refractivity contribution in [1.82, 2.24) is 0 Å². The first-order chi connectivity index (χ1) is 8.40. The molecule has 0 fully saturated rings. The Hall–Kier alpha value is -1.82. The van der Waals surface area contributed by atoms with Crippen LogP contribution in [0.4, 0.5) is 0 Å². The lowest BCUT2D eigenvalue weighted by Crippen LogP contribution is -1.93. The SMILES string of the molecule is C/C=C/c1ccccc1CCc1ccccc1. The fourth-order valence-electron chi connectivity index (χ4n) is 2.03. The Balaban J connectivity index is 2.09.